The molecule has 0 spiro atoms. The van der Waals surface area contributed by atoms with Gasteiger partial charge in [0.15, 0.2) is 0 Å². The van der Waals surface area contributed by atoms with Crippen molar-refractivity contribution in [3.05, 3.63) is 34.9 Å². The Kier molecular flexibility index (Phi) is 2.04. The zero-order chi connectivity index (χ0) is 9.42. The van der Waals surface area contributed by atoms with Crippen molar-refractivity contribution < 1.29 is 0 Å². The average molecular weight is 194 g/mol. The second kappa shape index (κ2) is 3.08. The molecule has 1 heterocycles. The van der Waals surface area contributed by atoms with E-state index >= 15 is 0 Å². The molecule has 0 radical (unpaired) electrons. The number of fused-ring (bicyclic) bond motifs is 1. The predicted molar refractivity (Wildman–Crippen MR) is 58.4 cm³/mol. The van der Waals surface area contributed by atoms with Gasteiger partial charge in [0.05, 0.1) is 0 Å². The lowest BCUT2D eigenvalue weighted by Gasteiger charge is -2.29. The van der Waals surface area contributed by atoms with Crippen molar-refractivity contribution in [1.82, 2.24) is 0 Å². The molecule has 0 aliphatic carbocycles. The summed E-state index contributed by atoms with van der Waals surface area (Å²) in [7, 11) is 2.10. The maximum Gasteiger partial charge on any atom is 0.0445 e. The minimum absolute atomic E-state index is 0.466. The Bertz CT molecular complexity index is 357. The molecular formula is C11H12ClN. The fraction of sp³-hybridized carbons (Fsp3) is 0.273. The van der Waals surface area contributed by atoms with Crippen LogP contribution in [-0.4, -0.2) is 13.1 Å². The first-order valence-electron chi connectivity index (χ1n) is 4.39. The highest BCUT2D eigenvalue weighted by atomic mass is 35.5. The van der Waals surface area contributed by atoms with Crippen LogP contribution < -0.4 is 4.90 Å². The first-order valence-corrected chi connectivity index (χ1v) is 4.77. The lowest BCUT2D eigenvalue weighted by Crippen LogP contribution is -2.29. The number of benzene rings is 1. The Hall–Kier alpha value is -0.950. The van der Waals surface area contributed by atoms with Crippen LogP contribution >= 0.6 is 11.6 Å². The van der Waals surface area contributed by atoms with Gasteiger partial charge in [0.2, 0.25) is 0 Å². The van der Waals surface area contributed by atoms with E-state index in [1.165, 1.54) is 11.3 Å². The van der Waals surface area contributed by atoms with Crippen LogP contribution in [-0.2, 0) is 0 Å². The third-order valence-electron chi connectivity index (χ3n) is 2.53. The number of rotatable bonds is 0. The van der Waals surface area contributed by atoms with Crippen molar-refractivity contribution in [3.8, 4) is 0 Å². The van der Waals surface area contributed by atoms with Gasteiger partial charge in [0.25, 0.3) is 0 Å². The second-order valence-corrected chi connectivity index (χ2v) is 3.85. The van der Waals surface area contributed by atoms with E-state index in [-0.39, 0.29) is 0 Å². The minimum Gasteiger partial charge on any atom is -0.368 e. The summed E-state index contributed by atoms with van der Waals surface area (Å²) in [5, 5.41) is 0.798. The van der Waals surface area contributed by atoms with Crippen molar-refractivity contribution in [2.75, 3.05) is 11.9 Å². The van der Waals surface area contributed by atoms with Gasteiger partial charge in [-0.15, -0.1) is 0 Å². The number of nitrogens with zero attached hydrogens (tertiary/aromatic N) is 1. The van der Waals surface area contributed by atoms with Crippen LogP contribution in [0.2, 0.25) is 5.02 Å². The Morgan fingerprint density at radius 3 is 2.92 bits per heavy atom. The van der Waals surface area contributed by atoms with E-state index < -0.39 is 0 Å². The number of halogens is 1. The highest BCUT2D eigenvalue weighted by Crippen LogP contribution is 2.29. The van der Waals surface area contributed by atoms with Crippen LogP contribution in [0.3, 0.4) is 0 Å². The van der Waals surface area contributed by atoms with Gasteiger partial charge < -0.3 is 4.90 Å². The highest BCUT2D eigenvalue weighted by Gasteiger charge is 2.14. The molecule has 1 aromatic carbocycles. The molecule has 13 heavy (non-hydrogen) atoms. The van der Waals surface area contributed by atoms with Crippen LogP contribution in [0.5, 0.6) is 0 Å². The van der Waals surface area contributed by atoms with Crippen molar-refractivity contribution in [1.29, 1.82) is 0 Å². The van der Waals surface area contributed by atoms with Gasteiger partial charge in [-0.3, -0.25) is 0 Å². The van der Waals surface area contributed by atoms with Crippen molar-refractivity contribution >= 4 is 23.4 Å². The first-order chi connectivity index (χ1) is 6.18. The Labute approximate surface area is 83.6 Å². The molecule has 1 aliphatic rings. The predicted octanol–water partition coefficient (Wildman–Crippen LogP) is 3.19. The number of hydrogen-bond acceptors (Lipinski definition) is 1. The molecule has 2 rings (SSSR count). The molecule has 0 saturated carbocycles. The van der Waals surface area contributed by atoms with Gasteiger partial charge in [-0.05, 0) is 30.7 Å². The molecule has 0 aromatic heterocycles. The maximum atomic E-state index is 5.91. The molecule has 0 unspecified atom stereocenters. The fourth-order valence-corrected chi connectivity index (χ4v) is 1.75. The minimum atomic E-state index is 0.466. The van der Waals surface area contributed by atoms with Crippen LogP contribution in [0.15, 0.2) is 24.3 Å². The van der Waals surface area contributed by atoms with Gasteiger partial charge in [-0.1, -0.05) is 23.8 Å². The largest absolute Gasteiger partial charge is 0.368 e. The number of likely N-dealkylation sites (N-methyl/N-ethyl adjacent to an activating group) is 1. The summed E-state index contributed by atoms with van der Waals surface area (Å²) in [5.74, 6) is 0. The standard InChI is InChI=1S/C11H12ClN/c1-8-3-4-9-7-10(12)5-6-11(9)13(8)2/h3-8H,1-2H3/t8-/m1/s1. The summed E-state index contributed by atoms with van der Waals surface area (Å²) >= 11 is 5.91. The van der Waals surface area contributed by atoms with E-state index in [0.717, 1.165) is 5.02 Å². The topological polar surface area (TPSA) is 3.24 Å². The Morgan fingerprint density at radius 1 is 1.38 bits per heavy atom. The van der Waals surface area contributed by atoms with Crippen LogP contribution in [0.25, 0.3) is 6.08 Å². The van der Waals surface area contributed by atoms with E-state index in [4.69, 9.17) is 11.6 Å². The molecule has 0 N–H and O–H groups in total. The molecular weight excluding hydrogens is 182 g/mol. The Morgan fingerprint density at radius 2 is 2.15 bits per heavy atom. The van der Waals surface area contributed by atoms with Gasteiger partial charge in [-0.2, -0.15) is 0 Å². The van der Waals surface area contributed by atoms with E-state index in [1.54, 1.807) is 0 Å². The van der Waals surface area contributed by atoms with Crippen LogP contribution in [0.4, 0.5) is 5.69 Å². The molecule has 1 nitrogen and oxygen atoms in total. The molecule has 0 fully saturated rings. The molecule has 0 saturated heterocycles. The molecule has 2 heteroatoms. The maximum absolute atomic E-state index is 5.91. The second-order valence-electron chi connectivity index (χ2n) is 3.41. The molecule has 0 amide bonds. The monoisotopic (exact) mass is 193 g/mol. The number of hydrogen-bond donors (Lipinski definition) is 0. The van der Waals surface area contributed by atoms with Crippen LogP contribution in [0, 0.1) is 0 Å². The van der Waals surface area contributed by atoms with Crippen molar-refractivity contribution in [3.63, 3.8) is 0 Å². The SMILES string of the molecule is C[C@@H]1C=Cc2cc(Cl)ccc2N1C. The first kappa shape index (κ1) is 8.64. The summed E-state index contributed by atoms with van der Waals surface area (Å²) in [6.07, 6.45) is 4.31. The van der Waals surface area contributed by atoms with Gasteiger partial charge in [-0.25, -0.2) is 0 Å². The van der Waals surface area contributed by atoms with E-state index in [0.29, 0.717) is 6.04 Å². The average Bonchev–Trinajstić information content (AvgIpc) is 2.12. The van der Waals surface area contributed by atoms with E-state index in [9.17, 15) is 0 Å². The Balaban J connectivity index is 2.52. The van der Waals surface area contributed by atoms with Crippen molar-refractivity contribution in [2.45, 2.75) is 13.0 Å². The third kappa shape index (κ3) is 1.44. The summed E-state index contributed by atoms with van der Waals surface area (Å²) in [6, 6.07) is 6.46. The summed E-state index contributed by atoms with van der Waals surface area (Å²) in [4.78, 5) is 2.24. The fourth-order valence-electron chi connectivity index (χ4n) is 1.57. The smallest absolute Gasteiger partial charge is 0.0445 e. The van der Waals surface area contributed by atoms with E-state index in [1.807, 2.05) is 12.1 Å². The quantitative estimate of drug-likeness (QED) is 0.612. The highest BCUT2D eigenvalue weighted by molar-refractivity contribution is 6.30. The molecule has 1 atom stereocenters. The van der Waals surface area contributed by atoms with Gasteiger partial charge in [0, 0.05) is 23.8 Å². The third-order valence-corrected chi connectivity index (χ3v) is 2.77. The van der Waals surface area contributed by atoms with Crippen molar-refractivity contribution in [2.24, 2.45) is 0 Å². The summed E-state index contributed by atoms with van der Waals surface area (Å²) in [6.45, 7) is 2.17. The lowest BCUT2D eigenvalue weighted by molar-refractivity contribution is 0.817. The lowest BCUT2D eigenvalue weighted by atomic mass is 10.0. The number of anilines is 1. The molecule has 1 aliphatic heterocycles. The zero-order valence-electron chi connectivity index (χ0n) is 7.79. The normalized spacial score (nSPS) is 20.2. The molecule has 0 bridgehead atoms. The summed E-state index contributed by atoms with van der Waals surface area (Å²) in [5.41, 5.74) is 2.45. The summed E-state index contributed by atoms with van der Waals surface area (Å²) < 4.78 is 0. The van der Waals surface area contributed by atoms with Gasteiger partial charge >= 0.3 is 0 Å². The van der Waals surface area contributed by atoms with Crippen LogP contribution in [0.1, 0.15) is 12.5 Å². The molecule has 1 aromatic rings. The zero-order valence-corrected chi connectivity index (χ0v) is 8.55. The van der Waals surface area contributed by atoms with E-state index in [2.05, 4.69) is 37.1 Å². The van der Waals surface area contributed by atoms with Gasteiger partial charge in [0.1, 0.15) is 0 Å². The molecule has 68 valence electrons.